The number of rotatable bonds is 3. The predicted molar refractivity (Wildman–Crippen MR) is 69.7 cm³/mol. The topological polar surface area (TPSA) is 81.4 Å². The van der Waals surface area contributed by atoms with Crippen LogP contribution in [-0.4, -0.2) is 27.2 Å². The first-order valence-electron chi connectivity index (χ1n) is 5.90. The summed E-state index contributed by atoms with van der Waals surface area (Å²) in [6.07, 6.45) is 0.601. The molecule has 18 heavy (non-hydrogen) atoms. The maximum atomic E-state index is 12.2. The van der Waals surface area contributed by atoms with E-state index in [9.17, 15) is 8.42 Å². The van der Waals surface area contributed by atoms with Crippen molar-refractivity contribution in [3.05, 3.63) is 23.8 Å². The van der Waals surface area contributed by atoms with Crippen LogP contribution >= 0.6 is 0 Å². The molecule has 0 spiro atoms. The van der Waals surface area contributed by atoms with Crippen LogP contribution in [0.2, 0.25) is 0 Å². The first-order chi connectivity index (χ1) is 8.40. The molecule has 1 aromatic rings. The van der Waals surface area contributed by atoms with Gasteiger partial charge >= 0.3 is 0 Å². The van der Waals surface area contributed by atoms with Crippen molar-refractivity contribution >= 4 is 15.7 Å². The van der Waals surface area contributed by atoms with Gasteiger partial charge in [-0.15, -0.1) is 0 Å². The van der Waals surface area contributed by atoms with E-state index in [0.29, 0.717) is 18.7 Å². The Morgan fingerprint density at radius 1 is 1.44 bits per heavy atom. The number of nitrogen functional groups attached to an aromatic ring is 1. The smallest absolute Gasteiger partial charge is 0.240 e. The second kappa shape index (κ2) is 4.87. The maximum absolute atomic E-state index is 12.2. The molecule has 2 rings (SSSR count). The van der Waals surface area contributed by atoms with E-state index in [4.69, 9.17) is 10.5 Å². The van der Waals surface area contributed by atoms with Crippen molar-refractivity contribution in [2.75, 3.05) is 12.3 Å². The highest BCUT2D eigenvalue weighted by atomic mass is 32.2. The highest BCUT2D eigenvalue weighted by molar-refractivity contribution is 7.89. The molecule has 5 nitrogen and oxygen atoms in total. The summed E-state index contributed by atoms with van der Waals surface area (Å²) < 4.78 is 32.3. The lowest BCUT2D eigenvalue weighted by Gasteiger charge is -2.16. The Hall–Kier alpha value is -1.11. The third-order valence-electron chi connectivity index (χ3n) is 3.24. The van der Waals surface area contributed by atoms with Gasteiger partial charge in [0.05, 0.1) is 17.0 Å². The van der Waals surface area contributed by atoms with E-state index in [0.717, 1.165) is 5.56 Å². The number of hydrogen-bond donors (Lipinski definition) is 2. The van der Waals surface area contributed by atoms with E-state index < -0.39 is 10.0 Å². The van der Waals surface area contributed by atoms with Crippen molar-refractivity contribution in [1.29, 1.82) is 0 Å². The van der Waals surface area contributed by atoms with Crippen LogP contribution in [0.25, 0.3) is 0 Å². The van der Waals surface area contributed by atoms with Crippen molar-refractivity contribution in [3.8, 4) is 0 Å². The van der Waals surface area contributed by atoms with Gasteiger partial charge in [-0.25, -0.2) is 13.1 Å². The van der Waals surface area contributed by atoms with Crippen molar-refractivity contribution in [2.45, 2.75) is 37.3 Å². The zero-order chi connectivity index (χ0) is 13.3. The minimum Gasteiger partial charge on any atom is -0.398 e. The molecular formula is C12H18N2O3S. The molecule has 0 aromatic heterocycles. The molecular weight excluding hydrogens is 252 g/mol. The Kier molecular flexibility index (Phi) is 3.61. The van der Waals surface area contributed by atoms with E-state index in [1.165, 1.54) is 6.07 Å². The third-order valence-corrected chi connectivity index (χ3v) is 4.73. The van der Waals surface area contributed by atoms with Crippen LogP contribution in [0.3, 0.4) is 0 Å². The lowest BCUT2D eigenvalue weighted by atomic mass is 10.2. The van der Waals surface area contributed by atoms with Crippen molar-refractivity contribution in [3.63, 3.8) is 0 Å². The second-order valence-electron chi connectivity index (χ2n) is 4.61. The van der Waals surface area contributed by atoms with Crippen LogP contribution in [0.5, 0.6) is 0 Å². The fraction of sp³-hybridized carbons (Fsp3) is 0.500. The Bertz CT molecular complexity index is 542. The Labute approximate surface area is 107 Å². The van der Waals surface area contributed by atoms with E-state index >= 15 is 0 Å². The molecule has 1 fully saturated rings. The zero-order valence-electron chi connectivity index (χ0n) is 10.5. The zero-order valence-corrected chi connectivity index (χ0v) is 11.3. The Morgan fingerprint density at radius 2 is 2.17 bits per heavy atom. The number of benzene rings is 1. The molecule has 1 aromatic carbocycles. The van der Waals surface area contributed by atoms with E-state index in [-0.39, 0.29) is 17.0 Å². The molecule has 6 heteroatoms. The van der Waals surface area contributed by atoms with Crippen molar-refractivity contribution < 1.29 is 13.2 Å². The van der Waals surface area contributed by atoms with Crippen molar-refractivity contribution in [1.82, 2.24) is 4.72 Å². The summed E-state index contributed by atoms with van der Waals surface area (Å²) in [5.41, 5.74) is 7.08. The molecule has 3 N–H and O–H groups in total. The molecule has 0 radical (unpaired) electrons. The molecule has 0 amide bonds. The number of nitrogens with two attached hydrogens (primary N) is 1. The fourth-order valence-corrected chi connectivity index (χ4v) is 3.31. The monoisotopic (exact) mass is 270 g/mol. The molecule has 1 saturated heterocycles. The van der Waals surface area contributed by atoms with E-state index in [1.807, 2.05) is 13.8 Å². The lowest BCUT2D eigenvalue weighted by molar-refractivity contribution is 0.117. The minimum absolute atomic E-state index is 0.0948. The first-order valence-corrected chi connectivity index (χ1v) is 7.38. The van der Waals surface area contributed by atoms with Gasteiger partial charge in [0.15, 0.2) is 0 Å². The molecule has 1 aliphatic heterocycles. The quantitative estimate of drug-likeness (QED) is 0.804. The van der Waals surface area contributed by atoms with Gasteiger partial charge < -0.3 is 10.5 Å². The maximum Gasteiger partial charge on any atom is 0.240 e. The fourth-order valence-electron chi connectivity index (χ4n) is 1.94. The number of aryl methyl sites for hydroxylation is 1. The molecule has 100 valence electrons. The Balaban J connectivity index is 2.22. The number of sulfonamides is 1. The van der Waals surface area contributed by atoms with Crippen molar-refractivity contribution in [2.24, 2.45) is 0 Å². The highest BCUT2D eigenvalue weighted by Gasteiger charge is 2.29. The summed E-state index contributed by atoms with van der Waals surface area (Å²) in [4.78, 5) is 0.199. The third kappa shape index (κ3) is 2.66. The molecule has 2 unspecified atom stereocenters. The minimum atomic E-state index is -3.53. The largest absolute Gasteiger partial charge is 0.398 e. The first kappa shape index (κ1) is 13.3. The number of anilines is 1. The average Bonchev–Trinajstić information content (AvgIpc) is 2.67. The summed E-state index contributed by atoms with van der Waals surface area (Å²) >= 11 is 0. The molecule has 0 saturated carbocycles. The summed E-state index contributed by atoms with van der Waals surface area (Å²) in [6.45, 7) is 4.29. The molecule has 1 heterocycles. The van der Waals surface area contributed by atoms with Gasteiger partial charge in [0, 0.05) is 12.3 Å². The Morgan fingerprint density at radius 3 is 2.72 bits per heavy atom. The summed E-state index contributed by atoms with van der Waals surface area (Å²) in [5.74, 6) is 0. The van der Waals surface area contributed by atoms with Gasteiger partial charge in [0.2, 0.25) is 10.0 Å². The van der Waals surface area contributed by atoms with Gasteiger partial charge in [0.25, 0.3) is 0 Å². The van der Waals surface area contributed by atoms with Gasteiger partial charge in [-0.05, 0) is 38.0 Å². The molecule has 0 aliphatic carbocycles. The average molecular weight is 270 g/mol. The van der Waals surface area contributed by atoms with Gasteiger partial charge in [-0.3, -0.25) is 0 Å². The van der Waals surface area contributed by atoms with Crippen LogP contribution in [0.15, 0.2) is 23.1 Å². The SMILES string of the molecule is Cc1ccc(S(=O)(=O)NC2CCOC2C)cc1N. The van der Waals surface area contributed by atoms with Crippen LogP contribution < -0.4 is 10.5 Å². The van der Waals surface area contributed by atoms with Crippen LogP contribution in [-0.2, 0) is 14.8 Å². The van der Waals surface area contributed by atoms with Crippen LogP contribution in [0.1, 0.15) is 18.9 Å². The normalized spacial score (nSPS) is 24.3. The standard InChI is InChI=1S/C12H18N2O3S/c1-8-3-4-10(7-11(8)13)18(15,16)14-12-5-6-17-9(12)2/h3-4,7,9,12,14H,5-6,13H2,1-2H3. The number of nitrogens with one attached hydrogen (secondary N) is 1. The van der Waals surface area contributed by atoms with Crippen LogP contribution in [0.4, 0.5) is 5.69 Å². The second-order valence-corrected chi connectivity index (χ2v) is 6.32. The highest BCUT2D eigenvalue weighted by Crippen LogP contribution is 2.20. The number of hydrogen-bond acceptors (Lipinski definition) is 4. The lowest BCUT2D eigenvalue weighted by Crippen LogP contribution is -2.39. The number of ether oxygens (including phenoxy) is 1. The molecule has 2 atom stereocenters. The molecule has 0 bridgehead atoms. The van der Waals surface area contributed by atoms with Crippen LogP contribution in [0, 0.1) is 6.92 Å². The predicted octanol–water partition coefficient (Wildman–Crippen LogP) is 1.03. The van der Waals surface area contributed by atoms with Gasteiger partial charge in [-0.1, -0.05) is 6.07 Å². The van der Waals surface area contributed by atoms with E-state index in [2.05, 4.69) is 4.72 Å². The van der Waals surface area contributed by atoms with Gasteiger partial charge in [-0.2, -0.15) is 0 Å². The molecule has 1 aliphatic rings. The summed E-state index contributed by atoms with van der Waals surface area (Å²) in [6, 6.07) is 4.59. The van der Waals surface area contributed by atoms with E-state index in [1.54, 1.807) is 12.1 Å². The summed E-state index contributed by atoms with van der Waals surface area (Å²) in [7, 11) is -3.53. The summed E-state index contributed by atoms with van der Waals surface area (Å²) in [5, 5.41) is 0. The van der Waals surface area contributed by atoms with Gasteiger partial charge in [0.1, 0.15) is 0 Å².